The van der Waals surface area contributed by atoms with E-state index >= 15 is 0 Å². The number of rotatable bonds is 12. The molecule has 1 rings (SSSR count). The summed E-state index contributed by atoms with van der Waals surface area (Å²) < 4.78 is 7.94. The zero-order valence-corrected chi connectivity index (χ0v) is 13.6. The second-order valence-corrected chi connectivity index (χ2v) is 5.03. The van der Waals surface area contributed by atoms with Crippen LogP contribution in [0.4, 0.5) is 0 Å². The van der Waals surface area contributed by atoms with E-state index in [9.17, 15) is 40.2 Å². The van der Waals surface area contributed by atoms with E-state index in [0.29, 0.717) is 0 Å². The van der Waals surface area contributed by atoms with Crippen LogP contribution in [0.3, 0.4) is 0 Å². The quantitative estimate of drug-likeness (QED) is 0.370. The lowest BCUT2D eigenvalue weighted by atomic mass is 9.97. The van der Waals surface area contributed by atoms with Crippen molar-refractivity contribution in [1.29, 1.82) is 0 Å². The Bertz CT molecular complexity index is 717. The highest BCUT2D eigenvalue weighted by Gasteiger charge is 2.44. The van der Waals surface area contributed by atoms with Crippen LogP contribution in [-0.4, -0.2) is 50.6 Å². The van der Waals surface area contributed by atoms with E-state index in [1.165, 1.54) is 24.3 Å². The van der Waals surface area contributed by atoms with Crippen molar-refractivity contribution < 1.29 is 41.0 Å². The molecule has 0 aliphatic heterocycles. The third kappa shape index (κ3) is 7.07. The van der Waals surface area contributed by atoms with Crippen LogP contribution >= 0.6 is 0 Å². The minimum absolute atomic E-state index is 0.0630. The summed E-state index contributed by atoms with van der Waals surface area (Å²) in [5, 5.41) is 37.4. The minimum atomic E-state index is -2.48. The predicted octanol–water partition coefficient (Wildman–Crippen LogP) is -0.0903. The Morgan fingerprint density at radius 1 is 1.04 bits per heavy atom. The van der Waals surface area contributed by atoms with Gasteiger partial charge in [0.1, 0.15) is 0 Å². The Morgan fingerprint density at radius 3 is 1.96 bits per heavy atom. The van der Waals surface area contributed by atoms with Gasteiger partial charge in [0, 0.05) is 7.77 Å². The van der Waals surface area contributed by atoms with Crippen LogP contribution in [0.5, 0.6) is 0 Å². The van der Waals surface area contributed by atoms with E-state index in [1.807, 2.05) is 0 Å². The molecule has 1 unspecified atom stereocenters. The van der Waals surface area contributed by atoms with Gasteiger partial charge in [0.15, 0.2) is 24.1 Å². The summed E-state index contributed by atoms with van der Waals surface area (Å²) in [5.74, 6) is -1.38. The van der Waals surface area contributed by atoms with Gasteiger partial charge in [0.25, 0.3) is 15.3 Å². The van der Waals surface area contributed by atoms with Crippen molar-refractivity contribution in [2.24, 2.45) is 0 Å². The average molecular weight is 390 g/mol. The number of aliphatic hydroxyl groups excluding tert-OH is 1. The number of carbonyl (C=O) groups excluding carboxylic acids is 1. The molecule has 1 aromatic rings. The molecule has 0 saturated carbocycles. The normalized spacial score (nSPS) is 16.6. The summed E-state index contributed by atoms with van der Waals surface area (Å²) in [6, 6.07) is 7.17. The third-order valence-corrected chi connectivity index (χ3v) is 3.10. The van der Waals surface area contributed by atoms with Crippen LogP contribution in [0, 0.1) is 30.3 Å². The number of hydrogen-bond donors (Lipinski definition) is 1. The molecule has 0 aliphatic carbocycles. The molecule has 0 aliphatic rings. The monoisotopic (exact) mass is 390 g/mol. The van der Waals surface area contributed by atoms with E-state index in [0.717, 1.165) is 6.92 Å². The maximum absolute atomic E-state index is 12.6. The van der Waals surface area contributed by atoms with Crippen LogP contribution in [0.15, 0.2) is 30.3 Å². The lowest BCUT2D eigenvalue weighted by Crippen LogP contribution is -2.53. The number of aliphatic hydroxyl groups is 1. The van der Waals surface area contributed by atoms with E-state index in [-0.39, 0.29) is 5.56 Å². The van der Waals surface area contributed by atoms with Gasteiger partial charge in [-0.25, -0.2) is 0 Å². The number of hydrogen-bond acceptors (Lipinski definition) is 11. The molecule has 148 valence electrons. The minimum Gasteiger partial charge on any atom is -0.391 e. The lowest BCUT2D eigenvalue weighted by Gasteiger charge is -2.29. The SMILES string of the molecule is [2H]C(C(=O)[C@H](O[N+](=O)[O-])[C@H](O[N+](=O)[O-])[C@H](O[N+](=O)[O-])[C@@H](C)O)c1ccccc1. The molecule has 27 heavy (non-hydrogen) atoms. The van der Waals surface area contributed by atoms with Crippen LogP contribution in [-0.2, 0) is 25.7 Å². The van der Waals surface area contributed by atoms with E-state index in [4.69, 9.17) is 1.37 Å². The Morgan fingerprint density at radius 2 is 1.52 bits per heavy atom. The molecule has 0 bridgehead atoms. The molecule has 0 aromatic heterocycles. The van der Waals surface area contributed by atoms with Gasteiger partial charge < -0.3 is 19.6 Å². The average Bonchev–Trinajstić information content (AvgIpc) is 2.61. The van der Waals surface area contributed by atoms with E-state index in [2.05, 4.69) is 14.5 Å². The fourth-order valence-electron chi connectivity index (χ4n) is 2.07. The van der Waals surface area contributed by atoms with E-state index < -0.39 is 51.9 Å². The highest BCUT2D eigenvalue weighted by atomic mass is 17.0. The molecular weight excluding hydrogens is 374 g/mol. The van der Waals surface area contributed by atoms with Crippen LogP contribution in [0.25, 0.3) is 0 Å². The largest absolute Gasteiger partial charge is 0.391 e. The molecule has 5 atom stereocenters. The van der Waals surface area contributed by atoms with Gasteiger partial charge in [-0.15, -0.1) is 30.3 Å². The summed E-state index contributed by atoms with van der Waals surface area (Å²) in [5.41, 5.74) is 0.0630. The molecular formula is C13H15N3O11. The summed E-state index contributed by atoms with van der Waals surface area (Å²) in [4.78, 5) is 57.1. The number of carbonyl (C=O) groups is 1. The predicted molar refractivity (Wildman–Crippen MR) is 82.4 cm³/mol. The van der Waals surface area contributed by atoms with Crippen molar-refractivity contribution in [1.82, 2.24) is 0 Å². The molecule has 0 fully saturated rings. The first-order valence-electron chi connectivity index (χ1n) is 7.74. The van der Waals surface area contributed by atoms with Gasteiger partial charge in [0.05, 0.1) is 6.10 Å². The molecule has 0 radical (unpaired) electrons. The molecule has 0 amide bonds. The highest BCUT2D eigenvalue weighted by Crippen LogP contribution is 2.19. The Hall–Kier alpha value is -3.55. The first kappa shape index (κ1) is 19.8. The zero-order valence-electron chi connectivity index (χ0n) is 14.6. The lowest BCUT2D eigenvalue weighted by molar-refractivity contribution is -0.815. The number of nitrogens with zero attached hydrogens (tertiary/aromatic N) is 3. The molecule has 1 aromatic carbocycles. The van der Waals surface area contributed by atoms with Crippen molar-refractivity contribution in [3.63, 3.8) is 0 Å². The standard InChI is InChI=1S/C13H15N3O11/c1-8(17)11(25-14(19)20)13(27-16(23)24)12(26-15(21)22)10(18)7-9-5-3-2-4-6-9/h2-6,8,11-13,17H,7H2,1H3/t8-,11-,12+,13-/m1/s1/i7D/t7?,8-,11-,12+,13-. The van der Waals surface area contributed by atoms with Crippen molar-refractivity contribution >= 4 is 5.78 Å². The van der Waals surface area contributed by atoms with Gasteiger partial charge >= 0.3 is 0 Å². The summed E-state index contributed by atoms with van der Waals surface area (Å²) in [7, 11) is 0. The van der Waals surface area contributed by atoms with Crippen molar-refractivity contribution in [2.45, 2.75) is 37.7 Å². The molecule has 1 N–H and O–H groups in total. The summed E-state index contributed by atoms with van der Waals surface area (Å²) >= 11 is 0. The first-order valence-corrected chi connectivity index (χ1v) is 7.17. The van der Waals surface area contributed by atoms with Gasteiger partial charge in [0.2, 0.25) is 0 Å². The Balaban J connectivity index is 3.35. The Kier molecular flexibility index (Phi) is 7.18. The van der Waals surface area contributed by atoms with Crippen molar-refractivity contribution in [3.8, 4) is 0 Å². The van der Waals surface area contributed by atoms with Gasteiger partial charge in [-0.1, -0.05) is 30.3 Å². The summed E-state index contributed by atoms with van der Waals surface area (Å²) in [6.45, 7) is 0.910. The molecule has 0 heterocycles. The summed E-state index contributed by atoms with van der Waals surface area (Å²) in [6.07, 6.45) is -10.8. The van der Waals surface area contributed by atoms with Crippen LogP contribution in [0.1, 0.15) is 13.9 Å². The van der Waals surface area contributed by atoms with Crippen LogP contribution < -0.4 is 0 Å². The van der Waals surface area contributed by atoms with Crippen molar-refractivity contribution in [2.75, 3.05) is 0 Å². The number of Topliss-reactive ketones (excluding diaryl/α,β-unsaturated/α-hetero) is 1. The van der Waals surface area contributed by atoms with Gasteiger partial charge in [-0.2, -0.15) is 0 Å². The fourth-order valence-corrected chi connectivity index (χ4v) is 2.07. The Labute approximate surface area is 152 Å². The number of ketones is 1. The van der Waals surface area contributed by atoms with Crippen LogP contribution in [0.2, 0.25) is 0 Å². The van der Waals surface area contributed by atoms with Crippen molar-refractivity contribution in [3.05, 3.63) is 66.2 Å². The van der Waals surface area contributed by atoms with Gasteiger partial charge in [-0.05, 0) is 12.5 Å². The second-order valence-electron chi connectivity index (χ2n) is 5.03. The molecule has 14 heteroatoms. The third-order valence-electron chi connectivity index (χ3n) is 3.10. The first-order chi connectivity index (χ1) is 13.0. The molecule has 0 saturated heterocycles. The second kappa shape index (κ2) is 9.81. The highest BCUT2D eigenvalue weighted by molar-refractivity contribution is 5.85. The number of benzene rings is 1. The maximum Gasteiger partial charge on any atom is 0.295 e. The molecule has 14 nitrogen and oxygen atoms in total. The topological polar surface area (TPSA) is 194 Å². The smallest absolute Gasteiger partial charge is 0.295 e. The zero-order chi connectivity index (χ0) is 21.4. The fraction of sp³-hybridized carbons (Fsp3) is 0.462. The van der Waals surface area contributed by atoms with Gasteiger partial charge in [-0.3, -0.25) is 4.79 Å². The maximum atomic E-state index is 12.6. The molecule has 0 spiro atoms. The van der Waals surface area contributed by atoms with E-state index in [1.54, 1.807) is 6.07 Å².